The van der Waals surface area contributed by atoms with Crippen LogP contribution in [0.25, 0.3) is 0 Å². The monoisotopic (exact) mass is 372 g/mol. The van der Waals surface area contributed by atoms with Gasteiger partial charge in [-0.1, -0.05) is 42.4 Å². The first-order chi connectivity index (χ1) is 12.6. The van der Waals surface area contributed by atoms with E-state index in [0.29, 0.717) is 30.3 Å². The van der Waals surface area contributed by atoms with Crippen LogP contribution in [0.3, 0.4) is 0 Å². The fraction of sp³-hybridized carbons (Fsp3) is 0.474. The topological polar surface area (TPSA) is 84.0 Å². The maximum atomic E-state index is 12.3. The van der Waals surface area contributed by atoms with Gasteiger partial charge in [0.25, 0.3) is 5.91 Å². The third-order valence-electron chi connectivity index (χ3n) is 4.57. The van der Waals surface area contributed by atoms with Gasteiger partial charge in [0, 0.05) is 24.6 Å². The van der Waals surface area contributed by atoms with E-state index in [1.165, 1.54) is 24.2 Å². The zero-order chi connectivity index (χ0) is 18.4. The molecule has 0 spiro atoms. The number of carbonyl (C=O) groups excluding carboxylic acids is 2. The number of amides is 2. The van der Waals surface area contributed by atoms with Crippen molar-refractivity contribution in [3.63, 3.8) is 0 Å². The first-order valence-corrected chi connectivity index (χ1v) is 9.92. The van der Waals surface area contributed by atoms with E-state index >= 15 is 0 Å². The number of anilines is 1. The molecule has 1 fully saturated rings. The van der Waals surface area contributed by atoms with Crippen LogP contribution >= 0.6 is 11.3 Å². The predicted octanol–water partition coefficient (Wildman–Crippen LogP) is 3.48. The third kappa shape index (κ3) is 5.11. The molecule has 1 aromatic carbocycles. The van der Waals surface area contributed by atoms with Crippen LogP contribution in [0.2, 0.25) is 0 Å². The Morgan fingerprint density at radius 3 is 2.73 bits per heavy atom. The molecule has 2 amide bonds. The van der Waals surface area contributed by atoms with Crippen molar-refractivity contribution in [2.75, 3.05) is 5.32 Å². The van der Waals surface area contributed by atoms with Gasteiger partial charge in [0.1, 0.15) is 5.01 Å². The molecule has 6 nitrogen and oxygen atoms in total. The van der Waals surface area contributed by atoms with E-state index in [4.69, 9.17) is 0 Å². The Kier molecular flexibility index (Phi) is 6.33. The lowest BCUT2D eigenvalue weighted by atomic mass is 10.2. The highest BCUT2D eigenvalue weighted by Gasteiger charge is 2.17. The van der Waals surface area contributed by atoms with Gasteiger partial charge in [0.2, 0.25) is 10.9 Å². The standard InChI is InChI=1S/C19H24N4O2S/c1-13-7-2-5-10-15(13)21-18(25)19-23-22-17(26-19)12-6-11-16(24)20-14-8-3-4-9-14/h2,5,7,10,14H,3-4,6,8-9,11-12H2,1H3,(H,20,24)(H,21,25). The van der Waals surface area contributed by atoms with E-state index < -0.39 is 0 Å². The molecule has 0 aliphatic heterocycles. The highest BCUT2D eigenvalue weighted by atomic mass is 32.1. The van der Waals surface area contributed by atoms with Crippen LogP contribution in [0.4, 0.5) is 5.69 Å². The fourth-order valence-electron chi connectivity index (χ4n) is 3.11. The van der Waals surface area contributed by atoms with E-state index in [2.05, 4.69) is 20.8 Å². The Morgan fingerprint density at radius 2 is 1.96 bits per heavy atom. The lowest BCUT2D eigenvalue weighted by molar-refractivity contribution is -0.121. The van der Waals surface area contributed by atoms with E-state index in [-0.39, 0.29) is 11.8 Å². The molecule has 1 heterocycles. The summed E-state index contributed by atoms with van der Waals surface area (Å²) < 4.78 is 0. The molecule has 0 bridgehead atoms. The summed E-state index contributed by atoms with van der Waals surface area (Å²) in [6, 6.07) is 7.97. The minimum atomic E-state index is -0.248. The second-order valence-corrected chi connectivity index (χ2v) is 7.73. The van der Waals surface area contributed by atoms with Crippen LogP contribution in [0, 0.1) is 6.92 Å². The van der Waals surface area contributed by atoms with Gasteiger partial charge in [0.05, 0.1) is 0 Å². The largest absolute Gasteiger partial charge is 0.353 e. The number of hydrogen-bond acceptors (Lipinski definition) is 5. The second-order valence-electron chi connectivity index (χ2n) is 6.67. The number of nitrogens with zero attached hydrogens (tertiary/aromatic N) is 2. The molecule has 1 aliphatic carbocycles. The molecule has 1 saturated carbocycles. The normalized spacial score (nSPS) is 14.3. The summed E-state index contributed by atoms with van der Waals surface area (Å²) in [5.74, 6) is -0.138. The van der Waals surface area contributed by atoms with Crippen molar-refractivity contribution in [3.05, 3.63) is 39.8 Å². The highest BCUT2D eigenvalue weighted by Crippen LogP contribution is 2.19. The number of nitrogens with one attached hydrogen (secondary N) is 2. The van der Waals surface area contributed by atoms with Gasteiger partial charge in [-0.2, -0.15) is 0 Å². The maximum Gasteiger partial charge on any atom is 0.286 e. The number of rotatable bonds is 7. The van der Waals surface area contributed by atoms with Gasteiger partial charge in [-0.25, -0.2) is 0 Å². The van der Waals surface area contributed by atoms with Gasteiger partial charge in [-0.3, -0.25) is 9.59 Å². The van der Waals surface area contributed by atoms with Crippen molar-refractivity contribution in [2.45, 2.75) is 57.9 Å². The van der Waals surface area contributed by atoms with Crippen LogP contribution in [0.1, 0.15) is 58.9 Å². The van der Waals surface area contributed by atoms with Crippen LogP contribution in [0.5, 0.6) is 0 Å². The van der Waals surface area contributed by atoms with E-state index in [1.807, 2.05) is 31.2 Å². The highest BCUT2D eigenvalue weighted by molar-refractivity contribution is 7.13. The molecular weight excluding hydrogens is 348 g/mol. The van der Waals surface area contributed by atoms with Gasteiger partial charge >= 0.3 is 0 Å². The molecule has 2 N–H and O–H groups in total. The smallest absolute Gasteiger partial charge is 0.286 e. The molecule has 0 unspecified atom stereocenters. The van der Waals surface area contributed by atoms with E-state index in [1.54, 1.807) is 0 Å². The number of benzene rings is 1. The van der Waals surface area contributed by atoms with Crippen LogP contribution in [0.15, 0.2) is 24.3 Å². The number of hydrogen-bond donors (Lipinski definition) is 2. The lowest BCUT2D eigenvalue weighted by Crippen LogP contribution is -2.32. The SMILES string of the molecule is Cc1ccccc1NC(=O)c1nnc(CCCC(=O)NC2CCCC2)s1. The summed E-state index contributed by atoms with van der Waals surface area (Å²) in [6.07, 6.45) is 6.48. The van der Waals surface area contributed by atoms with Crippen LogP contribution in [-0.2, 0) is 11.2 Å². The molecule has 0 radical (unpaired) electrons. The molecule has 0 atom stereocenters. The molecule has 3 rings (SSSR count). The Labute approximate surface area is 157 Å². The molecule has 1 aliphatic rings. The zero-order valence-electron chi connectivity index (χ0n) is 15.0. The first-order valence-electron chi connectivity index (χ1n) is 9.10. The third-order valence-corrected chi connectivity index (χ3v) is 5.55. The van der Waals surface area contributed by atoms with Gasteiger partial charge < -0.3 is 10.6 Å². The quantitative estimate of drug-likeness (QED) is 0.779. The second kappa shape index (κ2) is 8.89. The van der Waals surface area contributed by atoms with Gasteiger partial charge in [-0.05, 0) is 37.8 Å². The van der Waals surface area contributed by atoms with Crippen molar-refractivity contribution in [2.24, 2.45) is 0 Å². The fourth-order valence-corrected chi connectivity index (χ4v) is 3.88. The summed E-state index contributed by atoms with van der Waals surface area (Å²) in [6.45, 7) is 1.94. The summed E-state index contributed by atoms with van der Waals surface area (Å²) in [5.41, 5.74) is 1.77. The summed E-state index contributed by atoms with van der Waals surface area (Å²) in [7, 11) is 0. The number of aromatic nitrogens is 2. The Morgan fingerprint density at radius 1 is 1.19 bits per heavy atom. The summed E-state index contributed by atoms with van der Waals surface area (Å²) in [4.78, 5) is 24.2. The maximum absolute atomic E-state index is 12.3. The minimum absolute atomic E-state index is 0.110. The molecule has 2 aromatic rings. The van der Waals surface area contributed by atoms with Crippen LogP contribution in [-0.4, -0.2) is 28.1 Å². The Bertz CT molecular complexity index is 768. The molecule has 138 valence electrons. The van der Waals surface area contributed by atoms with Crippen molar-refractivity contribution in [1.29, 1.82) is 0 Å². The first kappa shape index (κ1) is 18.5. The number of para-hydroxylation sites is 1. The minimum Gasteiger partial charge on any atom is -0.353 e. The van der Waals surface area contributed by atoms with E-state index in [0.717, 1.165) is 29.1 Å². The number of carbonyl (C=O) groups is 2. The van der Waals surface area contributed by atoms with Crippen molar-refractivity contribution >= 4 is 28.8 Å². The molecule has 0 saturated heterocycles. The zero-order valence-corrected chi connectivity index (χ0v) is 15.8. The Balaban J connectivity index is 1.44. The lowest BCUT2D eigenvalue weighted by Gasteiger charge is -2.11. The van der Waals surface area contributed by atoms with Gasteiger partial charge in [0.15, 0.2) is 0 Å². The summed E-state index contributed by atoms with van der Waals surface area (Å²) in [5, 5.41) is 15.1. The van der Waals surface area contributed by atoms with Crippen molar-refractivity contribution < 1.29 is 9.59 Å². The summed E-state index contributed by atoms with van der Waals surface area (Å²) >= 11 is 1.28. The van der Waals surface area contributed by atoms with Gasteiger partial charge in [-0.15, -0.1) is 10.2 Å². The Hall–Kier alpha value is -2.28. The van der Waals surface area contributed by atoms with Crippen LogP contribution < -0.4 is 10.6 Å². The molecular formula is C19H24N4O2S. The van der Waals surface area contributed by atoms with Crippen molar-refractivity contribution in [3.8, 4) is 0 Å². The van der Waals surface area contributed by atoms with E-state index in [9.17, 15) is 9.59 Å². The average molecular weight is 372 g/mol. The van der Waals surface area contributed by atoms with Crippen molar-refractivity contribution in [1.82, 2.24) is 15.5 Å². The predicted molar refractivity (Wildman–Crippen MR) is 102 cm³/mol. The average Bonchev–Trinajstić information content (AvgIpc) is 3.29. The molecule has 1 aromatic heterocycles. The molecule has 26 heavy (non-hydrogen) atoms. The number of aryl methyl sites for hydroxylation is 2. The molecule has 7 heteroatoms.